The molecule has 0 amide bonds. The van der Waals surface area contributed by atoms with Gasteiger partial charge in [-0.3, -0.25) is 10.1 Å². The summed E-state index contributed by atoms with van der Waals surface area (Å²) in [5.41, 5.74) is 5.49. The van der Waals surface area contributed by atoms with E-state index >= 15 is 0 Å². The highest BCUT2D eigenvalue weighted by molar-refractivity contribution is 5.48. The Balaban J connectivity index is 2.94. The van der Waals surface area contributed by atoms with Gasteiger partial charge < -0.3 is 10.5 Å². The smallest absolute Gasteiger partial charge is 0.311 e. The van der Waals surface area contributed by atoms with Crippen LogP contribution in [0.3, 0.4) is 0 Å². The molecule has 16 heavy (non-hydrogen) atoms. The minimum absolute atomic E-state index is 0.135. The largest absolute Gasteiger partial charge is 0.481 e. The predicted molar refractivity (Wildman–Crippen MR) is 52.5 cm³/mol. The van der Waals surface area contributed by atoms with E-state index in [1.165, 1.54) is 18.2 Å². The highest BCUT2D eigenvalue weighted by atomic mass is 19.3. The number of nitro groups is 1. The maximum atomic E-state index is 11.9. The van der Waals surface area contributed by atoms with Gasteiger partial charge in [0.25, 0.3) is 6.43 Å². The summed E-state index contributed by atoms with van der Waals surface area (Å²) in [6, 6.07) is 3.97. The molecule has 0 radical (unpaired) electrons. The second-order valence-electron chi connectivity index (χ2n) is 2.97. The van der Waals surface area contributed by atoms with Crippen molar-refractivity contribution in [3.05, 3.63) is 33.9 Å². The van der Waals surface area contributed by atoms with Crippen molar-refractivity contribution in [2.75, 3.05) is 6.61 Å². The first-order valence-corrected chi connectivity index (χ1v) is 4.43. The molecule has 0 aromatic heterocycles. The van der Waals surface area contributed by atoms with Gasteiger partial charge in [-0.2, -0.15) is 0 Å². The third-order valence-electron chi connectivity index (χ3n) is 1.82. The molecule has 88 valence electrons. The van der Waals surface area contributed by atoms with Gasteiger partial charge in [0.1, 0.15) is 6.61 Å². The number of nitrogens with two attached hydrogens (primary N) is 1. The summed E-state index contributed by atoms with van der Waals surface area (Å²) in [4.78, 5) is 9.94. The molecule has 0 saturated carbocycles. The van der Waals surface area contributed by atoms with E-state index < -0.39 is 18.0 Å². The van der Waals surface area contributed by atoms with Crippen LogP contribution in [0.4, 0.5) is 14.5 Å². The lowest BCUT2D eigenvalue weighted by atomic mass is 10.2. The third-order valence-corrected chi connectivity index (χ3v) is 1.82. The van der Waals surface area contributed by atoms with E-state index in [-0.39, 0.29) is 18.0 Å². The Hall–Kier alpha value is -1.76. The fraction of sp³-hybridized carbons (Fsp3) is 0.333. The van der Waals surface area contributed by atoms with Gasteiger partial charge in [0.2, 0.25) is 0 Å². The molecule has 0 aliphatic heterocycles. The van der Waals surface area contributed by atoms with Crippen molar-refractivity contribution < 1.29 is 18.4 Å². The second-order valence-corrected chi connectivity index (χ2v) is 2.97. The van der Waals surface area contributed by atoms with Gasteiger partial charge in [-0.25, -0.2) is 8.78 Å². The van der Waals surface area contributed by atoms with Crippen LogP contribution in [0, 0.1) is 10.1 Å². The summed E-state index contributed by atoms with van der Waals surface area (Å²) in [7, 11) is 0. The lowest BCUT2D eigenvalue weighted by Gasteiger charge is -2.06. The van der Waals surface area contributed by atoms with Crippen molar-refractivity contribution in [3.8, 4) is 5.75 Å². The molecule has 1 rings (SSSR count). The molecular formula is C9H10F2N2O3. The van der Waals surface area contributed by atoms with Crippen molar-refractivity contribution >= 4 is 5.69 Å². The number of benzene rings is 1. The zero-order chi connectivity index (χ0) is 12.1. The molecule has 0 bridgehead atoms. The van der Waals surface area contributed by atoms with E-state index in [1.807, 2.05) is 0 Å². The summed E-state index contributed by atoms with van der Waals surface area (Å²) >= 11 is 0. The van der Waals surface area contributed by atoms with Crippen LogP contribution < -0.4 is 10.5 Å². The van der Waals surface area contributed by atoms with Crippen LogP contribution in [0.25, 0.3) is 0 Å². The molecule has 1 aromatic carbocycles. The van der Waals surface area contributed by atoms with Crippen molar-refractivity contribution in [3.63, 3.8) is 0 Å². The molecule has 0 heterocycles. The van der Waals surface area contributed by atoms with Gasteiger partial charge in [-0.05, 0) is 11.6 Å². The summed E-state index contributed by atoms with van der Waals surface area (Å²) in [6.07, 6.45) is -2.67. The van der Waals surface area contributed by atoms with Crippen LogP contribution >= 0.6 is 0 Å². The number of rotatable bonds is 5. The Labute approximate surface area is 90.0 Å². The lowest BCUT2D eigenvalue weighted by Crippen LogP contribution is -2.08. The number of alkyl halides is 2. The average Bonchev–Trinajstić information content (AvgIpc) is 2.25. The van der Waals surface area contributed by atoms with Crippen LogP contribution in [0.5, 0.6) is 5.75 Å². The van der Waals surface area contributed by atoms with Crippen LogP contribution in [0.15, 0.2) is 18.2 Å². The van der Waals surface area contributed by atoms with Crippen LogP contribution in [-0.2, 0) is 6.54 Å². The Morgan fingerprint density at radius 1 is 1.50 bits per heavy atom. The molecule has 5 nitrogen and oxygen atoms in total. The molecule has 0 aliphatic rings. The van der Waals surface area contributed by atoms with Crippen molar-refractivity contribution in [1.29, 1.82) is 0 Å². The highest BCUT2D eigenvalue weighted by Gasteiger charge is 2.17. The first kappa shape index (κ1) is 12.3. The highest BCUT2D eigenvalue weighted by Crippen LogP contribution is 2.28. The van der Waals surface area contributed by atoms with E-state index in [9.17, 15) is 18.9 Å². The molecule has 0 spiro atoms. The number of halogens is 2. The van der Waals surface area contributed by atoms with Gasteiger partial charge >= 0.3 is 5.69 Å². The zero-order valence-corrected chi connectivity index (χ0v) is 8.23. The average molecular weight is 232 g/mol. The Morgan fingerprint density at radius 3 is 2.69 bits per heavy atom. The maximum Gasteiger partial charge on any atom is 0.311 e. The normalized spacial score (nSPS) is 10.5. The van der Waals surface area contributed by atoms with E-state index in [0.29, 0.717) is 5.56 Å². The molecule has 1 aromatic rings. The van der Waals surface area contributed by atoms with E-state index in [4.69, 9.17) is 5.73 Å². The number of nitrogens with zero attached hydrogens (tertiary/aromatic N) is 1. The summed E-state index contributed by atoms with van der Waals surface area (Å²) in [6.45, 7) is -0.737. The van der Waals surface area contributed by atoms with Crippen molar-refractivity contribution in [2.45, 2.75) is 13.0 Å². The van der Waals surface area contributed by atoms with Crippen LogP contribution in [-0.4, -0.2) is 18.0 Å². The van der Waals surface area contributed by atoms with E-state index in [0.717, 1.165) is 0 Å². The quantitative estimate of drug-likeness (QED) is 0.619. The number of ether oxygens (including phenoxy) is 1. The Morgan fingerprint density at radius 2 is 2.19 bits per heavy atom. The second kappa shape index (κ2) is 5.36. The lowest BCUT2D eigenvalue weighted by molar-refractivity contribution is -0.386. The van der Waals surface area contributed by atoms with E-state index in [1.54, 1.807) is 0 Å². The molecule has 0 atom stereocenters. The minimum Gasteiger partial charge on any atom is -0.481 e. The first-order valence-electron chi connectivity index (χ1n) is 4.43. The monoisotopic (exact) mass is 232 g/mol. The van der Waals surface area contributed by atoms with Gasteiger partial charge in [0, 0.05) is 12.6 Å². The SMILES string of the molecule is NCc1ccc(OCC(F)F)c([N+](=O)[O-])c1. The number of hydrogen-bond acceptors (Lipinski definition) is 4. The zero-order valence-electron chi connectivity index (χ0n) is 8.23. The molecular weight excluding hydrogens is 222 g/mol. The molecule has 2 N–H and O–H groups in total. The fourth-order valence-corrected chi connectivity index (χ4v) is 1.11. The fourth-order valence-electron chi connectivity index (χ4n) is 1.11. The van der Waals surface area contributed by atoms with Gasteiger partial charge in [0.05, 0.1) is 4.92 Å². The topological polar surface area (TPSA) is 78.4 Å². The van der Waals surface area contributed by atoms with E-state index in [2.05, 4.69) is 4.74 Å². The van der Waals surface area contributed by atoms with Gasteiger partial charge in [-0.15, -0.1) is 0 Å². The predicted octanol–water partition coefficient (Wildman–Crippen LogP) is 1.70. The minimum atomic E-state index is -2.67. The summed E-state index contributed by atoms with van der Waals surface area (Å²) in [5.74, 6) is -0.178. The molecule has 0 unspecified atom stereocenters. The molecule has 0 saturated heterocycles. The number of hydrogen-bond donors (Lipinski definition) is 1. The molecule has 0 aliphatic carbocycles. The third kappa shape index (κ3) is 3.13. The van der Waals surface area contributed by atoms with Gasteiger partial charge in [0.15, 0.2) is 5.75 Å². The summed E-state index contributed by atoms with van der Waals surface area (Å²) < 4.78 is 28.4. The van der Waals surface area contributed by atoms with Crippen molar-refractivity contribution in [2.24, 2.45) is 5.73 Å². The Bertz CT molecular complexity index is 385. The molecule has 0 fully saturated rings. The first-order chi connectivity index (χ1) is 7.54. The Kier molecular flexibility index (Phi) is 4.12. The van der Waals surface area contributed by atoms with Crippen LogP contribution in [0.1, 0.15) is 5.56 Å². The summed E-state index contributed by atoms with van der Waals surface area (Å²) in [5, 5.41) is 10.6. The van der Waals surface area contributed by atoms with Crippen molar-refractivity contribution in [1.82, 2.24) is 0 Å². The standard InChI is InChI=1S/C9H10F2N2O3/c10-9(11)5-16-8-2-1-6(4-12)3-7(8)13(14)15/h1-3,9H,4-5,12H2. The maximum absolute atomic E-state index is 11.9. The van der Waals surface area contributed by atoms with Gasteiger partial charge in [-0.1, -0.05) is 6.07 Å². The number of nitro benzene ring substituents is 1. The molecule has 7 heteroatoms. The van der Waals surface area contributed by atoms with Crippen LogP contribution in [0.2, 0.25) is 0 Å².